The molecule has 146 valence electrons. The maximum atomic E-state index is 12.2. The van der Waals surface area contributed by atoms with E-state index in [2.05, 4.69) is 15.3 Å². The van der Waals surface area contributed by atoms with Crippen LogP contribution in [0.1, 0.15) is 30.5 Å². The van der Waals surface area contributed by atoms with Gasteiger partial charge in [-0.1, -0.05) is 48.5 Å². The maximum absolute atomic E-state index is 12.2. The monoisotopic (exact) mass is 415 g/mol. The van der Waals surface area contributed by atoms with Crippen molar-refractivity contribution in [3.8, 4) is 0 Å². The Morgan fingerprint density at radius 2 is 2.00 bits per heavy atom. The SMILES string of the molecule is CC[C@H](NC(=O)COC(=O)CSc1ncnc2sccc12)c1ccc(C)cc1. The highest BCUT2D eigenvalue weighted by atomic mass is 32.2. The van der Waals surface area contributed by atoms with Crippen LogP contribution in [0.4, 0.5) is 0 Å². The highest BCUT2D eigenvalue weighted by molar-refractivity contribution is 8.00. The van der Waals surface area contributed by atoms with Crippen molar-refractivity contribution in [2.75, 3.05) is 12.4 Å². The number of thiophene rings is 1. The van der Waals surface area contributed by atoms with E-state index in [-0.39, 0.29) is 24.3 Å². The molecule has 2 heterocycles. The summed E-state index contributed by atoms with van der Waals surface area (Å²) in [6, 6.07) is 9.85. The summed E-state index contributed by atoms with van der Waals surface area (Å²) in [5.41, 5.74) is 2.20. The van der Waals surface area contributed by atoms with E-state index in [1.165, 1.54) is 35.0 Å². The summed E-state index contributed by atoms with van der Waals surface area (Å²) in [4.78, 5) is 33.4. The minimum atomic E-state index is -0.453. The molecule has 0 fully saturated rings. The minimum Gasteiger partial charge on any atom is -0.455 e. The van der Waals surface area contributed by atoms with Crippen LogP contribution in [0.5, 0.6) is 0 Å². The van der Waals surface area contributed by atoms with Crippen molar-refractivity contribution in [1.29, 1.82) is 0 Å². The van der Waals surface area contributed by atoms with Crippen LogP contribution >= 0.6 is 23.1 Å². The quantitative estimate of drug-likeness (QED) is 0.341. The Hall–Kier alpha value is -2.45. The molecule has 1 amide bonds. The van der Waals surface area contributed by atoms with Crippen LogP contribution in [0.15, 0.2) is 47.1 Å². The van der Waals surface area contributed by atoms with E-state index in [1.54, 1.807) is 0 Å². The Balaban J connectivity index is 1.46. The fourth-order valence-electron chi connectivity index (χ4n) is 2.65. The summed E-state index contributed by atoms with van der Waals surface area (Å²) in [6.45, 7) is 3.73. The number of hydrogen-bond acceptors (Lipinski definition) is 7. The topological polar surface area (TPSA) is 81.2 Å². The van der Waals surface area contributed by atoms with Crippen LogP contribution in [-0.2, 0) is 14.3 Å². The predicted octanol–water partition coefficient (Wildman–Crippen LogP) is 3.90. The third-order valence-electron chi connectivity index (χ3n) is 4.14. The van der Waals surface area contributed by atoms with Gasteiger partial charge < -0.3 is 10.1 Å². The molecule has 1 atom stereocenters. The number of nitrogens with zero attached hydrogens (tertiary/aromatic N) is 2. The average Bonchev–Trinajstić information content (AvgIpc) is 3.19. The third-order valence-corrected chi connectivity index (χ3v) is 5.94. The summed E-state index contributed by atoms with van der Waals surface area (Å²) in [5.74, 6) is -0.678. The van der Waals surface area contributed by atoms with Gasteiger partial charge in [-0.3, -0.25) is 9.59 Å². The molecular formula is C20H21N3O3S2. The van der Waals surface area contributed by atoms with Crippen LogP contribution < -0.4 is 5.32 Å². The number of amides is 1. The fraction of sp³-hybridized carbons (Fsp3) is 0.300. The summed E-state index contributed by atoms with van der Waals surface area (Å²) in [5, 5.41) is 6.50. The van der Waals surface area contributed by atoms with Crippen molar-refractivity contribution in [3.63, 3.8) is 0 Å². The van der Waals surface area contributed by atoms with Crippen molar-refractivity contribution in [3.05, 3.63) is 53.2 Å². The van der Waals surface area contributed by atoms with Gasteiger partial charge in [0.05, 0.1) is 11.8 Å². The normalized spacial score (nSPS) is 11.9. The molecule has 1 aromatic carbocycles. The number of carbonyl (C=O) groups excluding carboxylic acids is 2. The number of rotatable bonds is 8. The molecule has 0 unspecified atom stereocenters. The standard InChI is InChI=1S/C20H21N3O3S2/c1-3-16(14-6-4-13(2)5-7-14)23-17(24)10-26-18(25)11-28-20-15-8-9-27-19(15)21-12-22-20/h4-9,12,16H,3,10-11H2,1-2H3,(H,23,24)/t16-/m0/s1. The number of carbonyl (C=O) groups is 2. The van der Waals surface area contributed by atoms with Crippen molar-refractivity contribution >= 4 is 45.2 Å². The Labute approximate surface area is 171 Å². The van der Waals surface area contributed by atoms with Gasteiger partial charge in [0, 0.05) is 5.39 Å². The zero-order chi connectivity index (χ0) is 19.9. The first-order valence-electron chi connectivity index (χ1n) is 8.89. The number of fused-ring (bicyclic) bond motifs is 1. The predicted molar refractivity (Wildman–Crippen MR) is 111 cm³/mol. The first-order valence-corrected chi connectivity index (χ1v) is 10.8. The average molecular weight is 416 g/mol. The fourth-order valence-corrected chi connectivity index (χ4v) is 4.23. The highest BCUT2D eigenvalue weighted by Gasteiger charge is 2.15. The Morgan fingerprint density at radius 3 is 2.75 bits per heavy atom. The second-order valence-electron chi connectivity index (χ2n) is 6.21. The molecule has 0 radical (unpaired) electrons. The molecule has 6 nitrogen and oxygen atoms in total. The van der Waals surface area contributed by atoms with E-state index >= 15 is 0 Å². The summed E-state index contributed by atoms with van der Waals surface area (Å²) in [7, 11) is 0. The van der Waals surface area contributed by atoms with Crippen LogP contribution in [-0.4, -0.2) is 34.2 Å². The van der Waals surface area contributed by atoms with Crippen molar-refractivity contribution in [1.82, 2.24) is 15.3 Å². The number of esters is 1. The second kappa shape index (κ2) is 9.66. The molecule has 0 aliphatic heterocycles. The lowest BCUT2D eigenvalue weighted by molar-refractivity contribution is -0.146. The highest BCUT2D eigenvalue weighted by Crippen LogP contribution is 2.27. The second-order valence-corrected chi connectivity index (χ2v) is 8.07. The number of ether oxygens (including phenoxy) is 1. The minimum absolute atomic E-state index is 0.0877. The Morgan fingerprint density at radius 1 is 1.21 bits per heavy atom. The number of nitrogens with one attached hydrogen (secondary N) is 1. The van der Waals surface area contributed by atoms with Gasteiger partial charge in [0.15, 0.2) is 6.61 Å². The molecule has 0 aliphatic carbocycles. The lowest BCUT2D eigenvalue weighted by atomic mass is 10.0. The van der Waals surface area contributed by atoms with Gasteiger partial charge in [-0.2, -0.15) is 0 Å². The van der Waals surface area contributed by atoms with E-state index < -0.39 is 5.97 Å². The van der Waals surface area contributed by atoms with Crippen molar-refractivity contribution in [2.45, 2.75) is 31.3 Å². The van der Waals surface area contributed by atoms with Crippen LogP contribution in [0, 0.1) is 6.92 Å². The number of aromatic nitrogens is 2. The molecular weight excluding hydrogens is 394 g/mol. The molecule has 0 saturated carbocycles. The third kappa shape index (κ3) is 5.30. The number of benzene rings is 1. The lowest BCUT2D eigenvalue weighted by Crippen LogP contribution is -2.32. The van der Waals surface area contributed by atoms with E-state index in [1.807, 2.05) is 49.6 Å². The van der Waals surface area contributed by atoms with E-state index in [0.29, 0.717) is 0 Å². The molecule has 0 aliphatic rings. The van der Waals surface area contributed by atoms with Crippen molar-refractivity contribution < 1.29 is 14.3 Å². The van der Waals surface area contributed by atoms with Gasteiger partial charge in [-0.05, 0) is 30.4 Å². The zero-order valence-electron chi connectivity index (χ0n) is 15.7. The zero-order valence-corrected chi connectivity index (χ0v) is 17.3. The largest absolute Gasteiger partial charge is 0.455 e. The number of hydrogen-bond donors (Lipinski definition) is 1. The molecule has 28 heavy (non-hydrogen) atoms. The first-order chi connectivity index (χ1) is 13.6. The summed E-state index contributed by atoms with van der Waals surface area (Å²) < 4.78 is 5.11. The Kier molecular flexibility index (Phi) is 7.00. The van der Waals surface area contributed by atoms with Gasteiger partial charge in [0.1, 0.15) is 16.2 Å². The summed E-state index contributed by atoms with van der Waals surface area (Å²) >= 11 is 2.80. The van der Waals surface area contributed by atoms with Crippen molar-refractivity contribution in [2.24, 2.45) is 0 Å². The van der Waals surface area contributed by atoms with Gasteiger partial charge in [-0.25, -0.2) is 9.97 Å². The smallest absolute Gasteiger partial charge is 0.316 e. The molecule has 3 rings (SSSR count). The Bertz CT molecular complexity index is 957. The van der Waals surface area contributed by atoms with Gasteiger partial charge in [-0.15, -0.1) is 11.3 Å². The van der Waals surface area contributed by atoms with Crippen LogP contribution in [0.25, 0.3) is 10.2 Å². The molecule has 1 N–H and O–H groups in total. The molecule has 0 spiro atoms. The van der Waals surface area contributed by atoms with Gasteiger partial charge in [0.2, 0.25) is 0 Å². The maximum Gasteiger partial charge on any atom is 0.316 e. The van der Waals surface area contributed by atoms with Crippen LogP contribution in [0.3, 0.4) is 0 Å². The first kappa shape index (κ1) is 20.3. The number of aryl methyl sites for hydroxylation is 1. The summed E-state index contributed by atoms with van der Waals surface area (Å²) in [6.07, 6.45) is 2.23. The molecule has 3 aromatic rings. The van der Waals surface area contributed by atoms with Crippen LogP contribution in [0.2, 0.25) is 0 Å². The number of thioether (sulfide) groups is 1. The molecule has 0 saturated heterocycles. The lowest BCUT2D eigenvalue weighted by Gasteiger charge is -2.17. The molecule has 0 bridgehead atoms. The van der Waals surface area contributed by atoms with E-state index in [4.69, 9.17) is 4.74 Å². The molecule has 2 aromatic heterocycles. The molecule has 8 heteroatoms. The van der Waals surface area contributed by atoms with E-state index in [0.717, 1.165) is 27.2 Å². The van der Waals surface area contributed by atoms with Gasteiger partial charge in [0.25, 0.3) is 5.91 Å². The van der Waals surface area contributed by atoms with Gasteiger partial charge >= 0.3 is 5.97 Å². The van der Waals surface area contributed by atoms with E-state index in [9.17, 15) is 9.59 Å².